The highest BCUT2D eigenvalue weighted by atomic mass is 35.5. The van der Waals surface area contributed by atoms with Gasteiger partial charge in [-0.15, -0.1) is 12.4 Å². The van der Waals surface area contributed by atoms with E-state index in [1.807, 2.05) is 0 Å². The first-order valence-electron chi connectivity index (χ1n) is 7.96. The molecule has 0 spiro atoms. The molecule has 1 unspecified atom stereocenters. The van der Waals surface area contributed by atoms with Gasteiger partial charge in [0.15, 0.2) is 0 Å². The van der Waals surface area contributed by atoms with Gasteiger partial charge in [-0.2, -0.15) is 0 Å². The highest BCUT2D eigenvalue weighted by Gasteiger charge is 2.49. The summed E-state index contributed by atoms with van der Waals surface area (Å²) in [7, 11) is 4.23. The molecule has 1 heterocycles. The quantitative estimate of drug-likeness (QED) is 0.813. The van der Waals surface area contributed by atoms with E-state index >= 15 is 0 Å². The van der Waals surface area contributed by atoms with Crippen LogP contribution in [-0.4, -0.2) is 25.5 Å². The molecule has 124 valence electrons. The zero-order valence-corrected chi connectivity index (χ0v) is 15.2. The molecule has 0 saturated carbocycles. The number of halogens is 1. The summed E-state index contributed by atoms with van der Waals surface area (Å²) in [5.41, 5.74) is 3.24. The minimum Gasteiger partial charge on any atom is -0.355 e. The standard InChI is InChI=1S/C20H25NO.ClH/c1-19(2)17-12-8-9-13-18(17)20(22-19,14-15-21(3)4)16-10-6-5-7-11-16;/h5-13H,14-15H2,1-4H3;1H. The Morgan fingerprint density at radius 1 is 0.870 bits per heavy atom. The molecule has 0 radical (unpaired) electrons. The van der Waals surface area contributed by atoms with Crippen molar-refractivity contribution in [1.82, 2.24) is 4.90 Å². The van der Waals surface area contributed by atoms with Gasteiger partial charge in [0.2, 0.25) is 0 Å². The Morgan fingerprint density at radius 3 is 2.04 bits per heavy atom. The molecule has 0 amide bonds. The molecule has 3 rings (SSSR count). The second-order valence-electron chi connectivity index (χ2n) is 6.90. The molecule has 3 heteroatoms. The van der Waals surface area contributed by atoms with Crippen molar-refractivity contribution in [3.8, 4) is 0 Å². The van der Waals surface area contributed by atoms with Gasteiger partial charge in [0.25, 0.3) is 0 Å². The number of ether oxygens (including phenoxy) is 1. The van der Waals surface area contributed by atoms with Gasteiger partial charge in [-0.3, -0.25) is 0 Å². The number of nitrogens with zero attached hydrogens (tertiary/aromatic N) is 1. The van der Waals surface area contributed by atoms with Gasteiger partial charge in [0.05, 0.1) is 5.60 Å². The van der Waals surface area contributed by atoms with E-state index < -0.39 is 0 Å². The summed E-state index contributed by atoms with van der Waals surface area (Å²) >= 11 is 0. The summed E-state index contributed by atoms with van der Waals surface area (Å²) in [6.07, 6.45) is 0.949. The third-order valence-corrected chi connectivity index (χ3v) is 4.59. The van der Waals surface area contributed by atoms with Crippen LogP contribution in [0.25, 0.3) is 0 Å². The molecule has 0 aliphatic carbocycles. The smallest absolute Gasteiger partial charge is 0.121 e. The van der Waals surface area contributed by atoms with E-state index in [4.69, 9.17) is 4.74 Å². The topological polar surface area (TPSA) is 12.5 Å². The van der Waals surface area contributed by atoms with E-state index in [9.17, 15) is 0 Å². The van der Waals surface area contributed by atoms with E-state index in [0.717, 1.165) is 13.0 Å². The van der Waals surface area contributed by atoms with Gasteiger partial charge in [0, 0.05) is 6.54 Å². The fourth-order valence-corrected chi connectivity index (χ4v) is 3.54. The van der Waals surface area contributed by atoms with Crippen molar-refractivity contribution in [3.63, 3.8) is 0 Å². The van der Waals surface area contributed by atoms with Crippen molar-refractivity contribution in [2.45, 2.75) is 31.5 Å². The zero-order valence-electron chi connectivity index (χ0n) is 14.4. The molecular formula is C20H26ClNO. The van der Waals surface area contributed by atoms with Crippen molar-refractivity contribution in [2.24, 2.45) is 0 Å². The minimum atomic E-state index is -0.356. The van der Waals surface area contributed by atoms with Gasteiger partial charge < -0.3 is 9.64 Å². The summed E-state index contributed by atoms with van der Waals surface area (Å²) in [4.78, 5) is 2.22. The molecule has 1 atom stereocenters. The zero-order chi connectivity index (χ0) is 15.8. The first-order valence-corrected chi connectivity index (χ1v) is 7.96. The van der Waals surface area contributed by atoms with E-state index in [-0.39, 0.29) is 23.6 Å². The Balaban J connectivity index is 0.00000192. The minimum absolute atomic E-state index is 0. The lowest BCUT2D eigenvalue weighted by molar-refractivity contribution is -0.108. The average molecular weight is 332 g/mol. The molecule has 23 heavy (non-hydrogen) atoms. The Bertz CT molecular complexity index is 654. The van der Waals surface area contributed by atoms with Crippen molar-refractivity contribution >= 4 is 12.4 Å². The lowest BCUT2D eigenvalue weighted by atomic mass is 9.81. The van der Waals surface area contributed by atoms with Gasteiger partial charge >= 0.3 is 0 Å². The van der Waals surface area contributed by atoms with Crippen LogP contribution < -0.4 is 0 Å². The normalized spacial score (nSPS) is 21.8. The van der Waals surface area contributed by atoms with E-state index in [2.05, 4.69) is 87.4 Å². The van der Waals surface area contributed by atoms with Crippen molar-refractivity contribution < 1.29 is 4.74 Å². The lowest BCUT2D eigenvalue weighted by Crippen LogP contribution is -2.34. The van der Waals surface area contributed by atoms with Gasteiger partial charge in [-0.05, 0) is 51.1 Å². The molecule has 1 aliphatic rings. The molecular weight excluding hydrogens is 306 g/mol. The highest BCUT2D eigenvalue weighted by Crippen LogP contribution is 2.52. The van der Waals surface area contributed by atoms with Gasteiger partial charge in [0.1, 0.15) is 5.60 Å². The molecule has 0 bridgehead atoms. The maximum Gasteiger partial charge on any atom is 0.121 e. The number of benzene rings is 2. The maximum absolute atomic E-state index is 6.72. The van der Waals surface area contributed by atoms with Crippen LogP contribution in [0.2, 0.25) is 0 Å². The Kier molecular flexibility index (Phi) is 5.20. The Labute approximate surface area is 145 Å². The van der Waals surface area contributed by atoms with Crippen LogP contribution in [0.5, 0.6) is 0 Å². The lowest BCUT2D eigenvalue weighted by Gasteiger charge is -2.34. The first-order chi connectivity index (χ1) is 10.5. The monoisotopic (exact) mass is 331 g/mol. The number of rotatable bonds is 4. The largest absolute Gasteiger partial charge is 0.355 e. The second-order valence-corrected chi connectivity index (χ2v) is 6.90. The number of hydrogen-bond donors (Lipinski definition) is 0. The second kappa shape index (κ2) is 6.64. The van der Waals surface area contributed by atoms with E-state index in [0.29, 0.717) is 0 Å². The Morgan fingerprint density at radius 2 is 1.43 bits per heavy atom. The third kappa shape index (κ3) is 3.16. The maximum atomic E-state index is 6.72. The van der Waals surface area contributed by atoms with Gasteiger partial charge in [-0.1, -0.05) is 54.6 Å². The predicted octanol–water partition coefficient (Wildman–Crippen LogP) is 4.57. The summed E-state index contributed by atoms with van der Waals surface area (Å²) in [6, 6.07) is 19.3. The van der Waals surface area contributed by atoms with Crippen molar-refractivity contribution in [1.29, 1.82) is 0 Å². The SMILES string of the molecule is CN(C)CCC1(c2ccccc2)OC(C)(C)c2ccccc21.Cl. The predicted molar refractivity (Wildman–Crippen MR) is 98.2 cm³/mol. The summed E-state index contributed by atoms with van der Waals surface area (Å²) in [5, 5.41) is 0. The molecule has 1 aliphatic heterocycles. The molecule has 0 N–H and O–H groups in total. The highest BCUT2D eigenvalue weighted by molar-refractivity contribution is 5.85. The molecule has 2 nitrogen and oxygen atoms in total. The van der Waals surface area contributed by atoms with Gasteiger partial charge in [-0.25, -0.2) is 0 Å². The molecule has 2 aromatic carbocycles. The van der Waals surface area contributed by atoms with Crippen molar-refractivity contribution in [3.05, 3.63) is 71.3 Å². The van der Waals surface area contributed by atoms with Crippen LogP contribution in [0.15, 0.2) is 54.6 Å². The molecule has 0 fully saturated rings. The molecule has 0 aromatic heterocycles. The summed E-state index contributed by atoms with van der Waals surface area (Å²) < 4.78 is 6.72. The Hall–Kier alpha value is -1.35. The molecule has 0 saturated heterocycles. The van der Waals surface area contributed by atoms with Crippen molar-refractivity contribution in [2.75, 3.05) is 20.6 Å². The average Bonchev–Trinajstić information content (AvgIpc) is 2.75. The molecule has 2 aromatic rings. The van der Waals surface area contributed by atoms with Crippen LogP contribution in [0.4, 0.5) is 0 Å². The fourth-order valence-electron chi connectivity index (χ4n) is 3.54. The van der Waals surface area contributed by atoms with Crippen LogP contribution in [0.1, 0.15) is 37.0 Å². The summed E-state index contributed by atoms with van der Waals surface area (Å²) in [6.45, 7) is 5.33. The first kappa shape index (κ1) is 18.0. The van der Waals surface area contributed by atoms with Crippen LogP contribution in [0, 0.1) is 0 Å². The third-order valence-electron chi connectivity index (χ3n) is 4.59. The van der Waals surface area contributed by atoms with Crippen LogP contribution >= 0.6 is 12.4 Å². The summed E-state index contributed by atoms with van der Waals surface area (Å²) in [5.74, 6) is 0. The fraction of sp³-hybridized carbons (Fsp3) is 0.400. The van der Waals surface area contributed by atoms with Crippen LogP contribution in [-0.2, 0) is 15.9 Å². The van der Waals surface area contributed by atoms with E-state index in [1.165, 1.54) is 16.7 Å². The number of fused-ring (bicyclic) bond motifs is 1. The van der Waals surface area contributed by atoms with E-state index in [1.54, 1.807) is 0 Å². The van der Waals surface area contributed by atoms with Crippen LogP contribution in [0.3, 0.4) is 0 Å². The number of hydrogen-bond acceptors (Lipinski definition) is 2.